The zero-order chi connectivity index (χ0) is 31.6. The van der Waals surface area contributed by atoms with E-state index in [1.54, 1.807) is 17.0 Å². The highest BCUT2D eigenvalue weighted by molar-refractivity contribution is 6.08. The highest BCUT2D eigenvalue weighted by atomic mass is 16.5. The second kappa shape index (κ2) is 14.9. The number of esters is 1. The van der Waals surface area contributed by atoms with E-state index in [0.29, 0.717) is 35.8 Å². The molecule has 0 atom stereocenters. The van der Waals surface area contributed by atoms with Gasteiger partial charge in [-0.1, -0.05) is 105 Å². The summed E-state index contributed by atoms with van der Waals surface area (Å²) >= 11 is 0. The molecule has 0 N–H and O–H groups in total. The van der Waals surface area contributed by atoms with Gasteiger partial charge in [0.1, 0.15) is 24.7 Å². The molecule has 5 aromatic rings. The minimum atomic E-state index is -0.409. The van der Waals surface area contributed by atoms with E-state index in [-0.39, 0.29) is 18.4 Å². The van der Waals surface area contributed by atoms with Crippen molar-refractivity contribution in [1.82, 2.24) is 0 Å². The van der Waals surface area contributed by atoms with Gasteiger partial charge < -0.3 is 19.1 Å². The Morgan fingerprint density at radius 2 is 1.18 bits per heavy atom. The lowest BCUT2D eigenvalue weighted by molar-refractivity contribution is 0.0600. The third-order valence-electron chi connectivity index (χ3n) is 7.47. The van der Waals surface area contributed by atoms with E-state index < -0.39 is 5.97 Å². The first kappa shape index (κ1) is 31.1. The molecule has 6 heteroatoms. The predicted molar refractivity (Wildman–Crippen MR) is 177 cm³/mol. The van der Waals surface area contributed by atoms with Gasteiger partial charge >= 0.3 is 5.97 Å². The van der Waals surface area contributed by atoms with Crippen molar-refractivity contribution in [2.24, 2.45) is 0 Å². The molecule has 0 saturated carbocycles. The average Bonchev–Trinajstić information content (AvgIpc) is 3.09. The molecule has 6 nitrogen and oxygen atoms in total. The summed E-state index contributed by atoms with van der Waals surface area (Å²) < 4.78 is 17.6. The fraction of sp³-hybridized carbons (Fsp3) is 0.179. The second-order valence-corrected chi connectivity index (χ2v) is 11.0. The lowest BCUT2D eigenvalue weighted by Crippen LogP contribution is -2.31. The molecule has 0 heterocycles. The zero-order valence-electron chi connectivity index (χ0n) is 25.8. The molecule has 0 aliphatic rings. The third kappa shape index (κ3) is 7.98. The largest absolute Gasteiger partial charge is 0.488 e. The zero-order valence-corrected chi connectivity index (χ0v) is 25.8. The molecule has 228 valence electrons. The van der Waals surface area contributed by atoms with Crippen LogP contribution >= 0.6 is 0 Å². The monoisotopic (exact) mass is 599 g/mol. The number of anilines is 1. The van der Waals surface area contributed by atoms with E-state index in [9.17, 15) is 9.59 Å². The molecule has 0 aromatic heterocycles. The summed E-state index contributed by atoms with van der Waals surface area (Å²) in [5.41, 5.74) is 5.44. The number of carbonyl (C=O) groups excluding carboxylic acids is 2. The van der Waals surface area contributed by atoms with Crippen LogP contribution in [0, 0.1) is 0 Å². The van der Waals surface area contributed by atoms with Crippen molar-refractivity contribution in [1.29, 1.82) is 0 Å². The van der Waals surface area contributed by atoms with Crippen molar-refractivity contribution in [2.45, 2.75) is 39.5 Å². The van der Waals surface area contributed by atoms with Crippen LogP contribution in [-0.4, -0.2) is 19.0 Å². The molecule has 0 bridgehead atoms. The van der Waals surface area contributed by atoms with Crippen LogP contribution in [0.2, 0.25) is 0 Å². The first-order chi connectivity index (χ1) is 21.9. The smallest absolute Gasteiger partial charge is 0.337 e. The van der Waals surface area contributed by atoms with E-state index in [1.807, 2.05) is 115 Å². The molecule has 5 rings (SSSR count). The second-order valence-electron chi connectivity index (χ2n) is 11.0. The molecule has 0 saturated heterocycles. The van der Waals surface area contributed by atoms with Gasteiger partial charge in [0.05, 0.1) is 24.8 Å². The molecule has 5 aromatic carbocycles. The number of methoxy groups -OCH3 is 1. The van der Waals surface area contributed by atoms with Crippen LogP contribution in [0.5, 0.6) is 11.5 Å². The summed E-state index contributed by atoms with van der Waals surface area (Å²) in [5.74, 6) is 0.587. The minimum Gasteiger partial charge on any atom is -0.488 e. The van der Waals surface area contributed by atoms with Gasteiger partial charge in [-0.05, 0) is 58.5 Å². The van der Waals surface area contributed by atoms with Crippen LogP contribution in [0.1, 0.15) is 62.7 Å². The Kier molecular flexibility index (Phi) is 10.3. The van der Waals surface area contributed by atoms with Crippen LogP contribution in [-0.2, 0) is 24.5 Å². The number of benzene rings is 5. The van der Waals surface area contributed by atoms with Crippen LogP contribution < -0.4 is 14.4 Å². The number of carbonyl (C=O) groups is 2. The van der Waals surface area contributed by atoms with Gasteiger partial charge in [-0.15, -0.1) is 0 Å². The van der Waals surface area contributed by atoms with Gasteiger partial charge in [0.15, 0.2) is 0 Å². The van der Waals surface area contributed by atoms with Crippen molar-refractivity contribution >= 4 is 17.6 Å². The normalized spacial score (nSPS) is 10.8. The molecule has 1 amide bonds. The molecule has 0 radical (unpaired) electrons. The van der Waals surface area contributed by atoms with E-state index in [0.717, 1.165) is 27.9 Å². The standard InChI is InChI=1S/C39H37NO5/c1-28(2)34-23-35(37(45-27-31-15-9-5-10-16-31)24-36(34)44-26-30-13-7-4-8-14-30)38(41)40(33-17-11-6-12-18-33)25-29-19-21-32(22-20-29)39(42)43-3/h4-24,28H,25-27H2,1-3H3. The number of hydrogen-bond donors (Lipinski definition) is 0. The van der Waals surface area contributed by atoms with Crippen molar-refractivity contribution in [3.63, 3.8) is 0 Å². The van der Waals surface area contributed by atoms with Crippen molar-refractivity contribution in [3.8, 4) is 11.5 Å². The maximum atomic E-state index is 14.6. The first-order valence-electron chi connectivity index (χ1n) is 15.0. The van der Waals surface area contributed by atoms with Crippen LogP contribution in [0.15, 0.2) is 127 Å². The van der Waals surface area contributed by atoms with Gasteiger partial charge in [-0.25, -0.2) is 4.79 Å². The van der Waals surface area contributed by atoms with E-state index in [1.165, 1.54) is 7.11 Å². The molecule has 0 spiro atoms. The lowest BCUT2D eigenvalue weighted by atomic mass is 9.97. The number of ether oxygens (including phenoxy) is 3. The first-order valence-corrected chi connectivity index (χ1v) is 15.0. The number of rotatable bonds is 12. The van der Waals surface area contributed by atoms with Crippen LogP contribution in [0.25, 0.3) is 0 Å². The van der Waals surface area contributed by atoms with E-state index in [2.05, 4.69) is 13.8 Å². The number of para-hydroxylation sites is 1. The SMILES string of the molecule is COC(=O)c1ccc(CN(C(=O)c2cc(C(C)C)c(OCc3ccccc3)cc2OCc2ccccc2)c2ccccc2)cc1. The number of amides is 1. The maximum absolute atomic E-state index is 14.6. The molecule has 45 heavy (non-hydrogen) atoms. The molecule has 0 aliphatic carbocycles. The summed E-state index contributed by atoms with van der Waals surface area (Å²) in [6.07, 6.45) is 0. The highest BCUT2D eigenvalue weighted by Crippen LogP contribution is 2.36. The number of hydrogen-bond acceptors (Lipinski definition) is 5. The predicted octanol–water partition coefficient (Wildman–Crippen LogP) is 8.60. The van der Waals surface area contributed by atoms with Gasteiger partial charge in [0.25, 0.3) is 5.91 Å². The van der Waals surface area contributed by atoms with Gasteiger partial charge in [0, 0.05) is 11.8 Å². The van der Waals surface area contributed by atoms with Crippen LogP contribution in [0.3, 0.4) is 0 Å². The Hall–Kier alpha value is -5.36. The summed E-state index contributed by atoms with van der Waals surface area (Å²) in [4.78, 5) is 28.3. The Balaban J connectivity index is 1.54. The molecule has 0 unspecified atom stereocenters. The fourth-order valence-corrected chi connectivity index (χ4v) is 4.99. The topological polar surface area (TPSA) is 65.1 Å². The Bertz CT molecular complexity index is 1700. The quantitative estimate of drug-likeness (QED) is 0.134. The Morgan fingerprint density at radius 3 is 1.71 bits per heavy atom. The van der Waals surface area contributed by atoms with Gasteiger partial charge in [-0.3, -0.25) is 4.79 Å². The maximum Gasteiger partial charge on any atom is 0.337 e. The molecular weight excluding hydrogens is 562 g/mol. The average molecular weight is 600 g/mol. The third-order valence-corrected chi connectivity index (χ3v) is 7.47. The molecule has 0 fully saturated rings. The highest BCUT2D eigenvalue weighted by Gasteiger charge is 2.25. The minimum absolute atomic E-state index is 0.0848. The fourth-order valence-electron chi connectivity index (χ4n) is 4.99. The van der Waals surface area contributed by atoms with Crippen molar-refractivity contribution < 1.29 is 23.8 Å². The Labute approximate surface area is 264 Å². The summed E-state index contributed by atoms with van der Waals surface area (Å²) in [7, 11) is 1.35. The van der Waals surface area contributed by atoms with E-state index >= 15 is 0 Å². The Morgan fingerprint density at radius 1 is 0.644 bits per heavy atom. The van der Waals surface area contributed by atoms with Gasteiger partial charge in [0.2, 0.25) is 0 Å². The number of nitrogens with zero attached hydrogens (tertiary/aromatic N) is 1. The molecular formula is C39H37NO5. The summed E-state index contributed by atoms with van der Waals surface area (Å²) in [6.45, 7) is 5.14. The van der Waals surface area contributed by atoms with Crippen LogP contribution in [0.4, 0.5) is 5.69 Å². The summed E-state index contributed by atoms with van der Waals surface area (Å²) in [6, 6.07) is 40.2. The van der Waals surface area contributed by atoms with Crippen molar-refractivity contribution in [3.05, 3.63) is 161 Å². The van der Waals surface area contributed by atoms with E-state index in [4.69, 9.17) is 14.2 Å². The van der Waals surface area contributed by atoms with Crippen molar-refractivity contribution in [2.75, 3.05) is 12.0 Å². The summed E-state index contributed by atoms with van der Waals surface area (Å²) in [5, 5.41) is 0. The molecule has 0 aliphatic heterocycles. The lowest BCUT2D eigenvalue weighted by Gasteiger charge is -2.26. The van der Waals surface area contributed by atoms with Gasteiger partial charge in [-0.2, -0.15) is 0 Å².